The van der Waals surface area contributed by atoms with Gasteiger partial charge in [0.15, 0.2) is 0 Å². The van der Waals surface area contributed by atoms with Crippen LogP contribution in [0.15, 0.2) is 35.0 Å². The fourth-order valence-electron chi connectivity index (χ4n) is 2.75. The molecule has 1 saturated heterocycles. The van der Waals surface area contributed by atoms with Gasteiger partial charge in [0.1, 0.15) is 11.5 Å². The molecule has 4 nitrogen and oxygen atoms in total. The van der Waals surface area contributed by atoms with E-state index in [1.807, 2.05) is 16.3 Å². The maximum absolute atomic E-state index is 13.2. The van der Waals surface area contributed by atoms with Crippen LogP contribution in [-0.4, -0.2) is 11.5 Å². The third kappa shape index (κ3) is 2.27. The topological polar surface area (TPSA) is 46.4 Å². The second-order valence-electron chi connectivity index (χ2n) is 4.80. The molecule has 0 radical (unpaired) electrons. The quantitative estimate of drug-likeness (QED) is 0.631. The van der Waals surface area contributed by atoms with Crippen molar-refractivity contribution in [2.24, 2.45) is 0 Å². The maximum atomic E-state index is 13.2. The summed E-state index contributed by atoms with van der Waals surface area (Å²) in [6, 6.07) is 5.98. The average Bonchev–Trinajstić information content (AvgIpc) is 3.09. The number of rotatable bonds is 3. The van der Waals surface area contributed by atoms with Crippen molar-refractivity contribution in [2.45, 2.75) is 18.9 Å². The summed E-state index contributed by atoms with van der Waals surface area (Å²) >= 11 is 1.62. The van der Waals surface area contributed by atoms with Gasteiger partial charge in [-0.3, -0.25) is 10.1 Å². The van der Waals surface area contributed by atoms with Gasteiger partial charge in [-0.2, -0.15) is 11.3 Å². The van der Waals surface area contributed by atoms with Crippen LogP contribution in [0, 0.1) is 15.9 Å². The number of thiophene rings is 1. The SMILES string of the molecule is O=[N+]([O-])c1cc(F)ccc1N1CCC[C@H]1c1ccsc1. The summed E-state index contributed by atoms with van der Waals surface area (Å²) in [5, 5.41) is 15.2. The first-order chi connectivity index (χ1) is 9.66. The number of nitrogens with zero attached hydrogens (tertiary/aromatic N) is 2. The van der Waals surface area contributed by atoms with Gasteiger partial charge < -0.3 is 4.90 Å². The predicted molar refractivity (Wildman–Crippen MR) is 76.7 cm³/mol. The van der Waals surface area contributed by atoms with E-state index in [-0.39, 0.29) is 11.7 Å². The Balaban J connectivity index is 2.02. The van der Waals surface area contributed by atoms with E-state index in [4.69, 9.17) is 0 Å². The van der Waals surface area contributed by atoms with Crippen molar-refractivity contribution in [3.8, 4) is 0 Å². The van der Waals surface area contributed by atoms with Crippen molar-refractivity contribution in [2.75, 3.05) is 11.4 Å². The van der Waals surface area contributed by atoms with Crippen LogP contribution >= 0.6 is 11.3 Å². The molecule has 2 heterocycles. The molecule has 20 heavy (non-hydrogen) atoms. The lowest BCUT2D eigenvalue weighted by Gasteiger charge is -2.26. The Kier molecular flexibility index (Phi) is 3.40. The Morgan fingerprint density at radius 3 is 2.95 bits per heavy atom. The zero-order valence-corrected chi connectivity index (χ0v) is 11.5. The van der Waals surface area contributed by atoms with Crippen molar-refractivity contribution in [1.82, 2.24) is 0 Å². The third-order valence-corrected chi connectivity index (χ3v) is 4.33. The molecular weight excluding hydrogens is 279 g/mol. The smallest absolute Gasteiger partial charge is 0.295 e. The molecule has 0 N–H and O–H groups in total. The number of benzene rings is 1. The van der Waals surface area contributed by atoms with Gasteiger partial charge in [0.05, 0.1) is 17.0 Å². The fraction of sp³-hybridized carbons (Fsp3) is 0.286. The predicted octanol–water partition coefficient (Wildman–Crippen LogP) is 4.14. The number of nitro groups is 1. The Morgan fingerprint density at radius 1 is 1.40 bits per heavy atom. The van der Waals surface area contributed by atoms with Crippen LogP contribution < -0.4 is 4.90 Å². The standard InChI is InChI=1S/C14H13FN2O2S/c15-11-3-4-13(14(8-11)17(18)19)16-6-1-2-12(16)10-5-7-20-9-10/h3-5,7-9,12H,1-2,6H2/t12-/m0/s1. The molecule has 1 aromatic heterocycles. The van der Waals surface area contributed by atoms with Crippen LogP contribution in [0.2, 0.25) is 0 Å². The normalized spacial score (nSPS) is 18.4. The van der Waals surface area contributed by atoms with Crippen molar-refractivity contribution >= 4 is 22.7 Å². The van der Waals surface area contributed by atoms with Crippen LogP contribution in [0.25, 0.3) is 0 Å². The molecule has 0 amide bonds. The Labute approximate surface area is 119 Å². The van der Waals surface area contributed by atoms with Gasteiger partial charge >= 0.3 is 0 Å². The summed E-state index contributed by atoms with van der Waals surface area (Å²) in [6.45, 7) is 0.757. The molecule has 6 heteroatoms. The van der Waals surface area contributed by atoms with Crippen LogP contribution in [0.5, 0.6) is 0 Å². The molecule has 2 aromatic rings. The van der Waals surface area contributed by atoms with Gasteiger partial charge in [-0.05, 0) is 47.4 Å². The lowest BCUT2D eigenvalue weighted by atomic mass is 10.1. The van der Waals surface area contributed by atoms with E-state index in [2.05, 4.69) is 5.38 Å². The van der Waals surface area contributed by atoms with Gasteiger partial charge in [-0.15, -0.1) is 0 Å². The minimum Gasteiger partial charge on any atom is -0.359 e. The van der Waals surface area contributed by atoms with E-state index in [9.17, 15) is 14.5 Å². The minimum atomic E-state index is -0.577. The van der Waals surface area contributed by atoms with E-state index in [0.29, 0.717) is 5.69 Å². The minimum absolute atomic E-state index is 0.144. The molecule has 1 aliphatic rings. The summed E-state index contributed by atoms with van der Waals surface area (Å²) < 4.78 is 13.2. The lowest BCUT2D eigenvalue weighted by Crippen LogP contribution is -2.23. The molecule has 3 rings (SSSR count). The van der Waals surface area contributed by atoms with Gasteiger partial charge in [0.25, 0.3) is 5.69 Å². The monoisotopic (exact) mass is 292 g/mol. The third-order valence-electron chi connectivity index (χ3n) is 3.62. The number of nitro benzene ring substituents is 1. The van der Waals surface area contributed by atoms with E-state index >= 15 is 0 Å². The molecule has 104 valence electrons. The highest BCUT2D eigenvalue weighted by Crippen LogP contribution is 2.40. The summed E-state index contributed by atoms with van der Waals surface area (Å²) in [5.74, 6) is -0.577. The van der Waals surface area contributed by atoms with E-state index in [0.717, 1.165) is 25.5 Å². The van der Waals surface area contributed by atoms with E-state index in [1.54, 1.807) is 11.3 Å². The van der Waals surface area contributed by atoms with Gasteiger partial charge in [-0.1, -0.05) is 0 Å². The summed E-state index contributed by atoms with van der Waals surface area (Å²) in [7, 11) is 0. The number of anilines is 1. The second-order valence-corrected chi connectivity index (χ2v) is 5.58. The van der Waals surface area contributed by atoms with Crippen LogP contribution in [-0.2, 0) is 0 Å². The summed E-state index contributed by atoms with van der Waals surface area (Å²) in [4.78, 5) is 12.6. The molecule has 0 unspecified atom stereocenters. The number of halogens is 1. The van der Waals surface area contributed by atoms with E-state index < -0.39 is 10.7 Å². The first kappa shape index (κ1) is 13.1. The van der Waals surface area contributed by atoms with Gasteiger partial charge in [0.2, 0.25) is 0 Å². The van der Waals surface area contributed by atoms with E-state index in [1.165, 1.54) is 17.7 Å². The van der Waals surface area contributed by atoms with Crippen LogP contribution in [0.3, 0.4) is 0 Å². The Bertz CT molecular complexity index is 630. The molecule has 0 aliphatic carbocycles. The molecule has 1 fully saturated rings. The average molecular weight is 292 g/mol. The van der Waals surface area contributed by atoms with Crippen molar-refractivity contribution in [1.29, 1.82) is 0 Å². The maximum Gasteiger partial charge on any atom is 0.295 e. The zero-order chi connectivity index (χ0) is 14.1. The molecule has 1 aliphatic heterocycles. The molecule has 0 saturated carbocycles. The lowest BCUT2D eigenvalue weighted by molar-refractivity contribution is -0.384. The summed E-state index contributed by atoms with van der Waals surface area (Å²) in [6.07, 6.45) is 1.94. The molecule has 0 bridgehead atoms. The number of hydrogen-bond donors (Lipinski definition) is 0. The highest BCUT2D eigenvalue weighted by atomic mass is 32.1. The summed E-state index contributed by atoms with van der Waals surface area (Å²) in [5.41, 5.74) is 1.52. The highest BCUT2D eigenvalue weighted by Gasteiger charge is 2.31. The number of hydrogen-bond acceptors (Lipinski definition) is 4. The zero-order valence-electron chi connectivity index (χ0n) is 10.7. The molecule has 1 atom stereocenters. The molecular formula is C14H13FN2O2S. The van der Waals surface area contributed by atoms with Crippen molar-refractivity contribution < 1.29 is 9.31 Å². The first-order valence-electron chi connectivity index (χ1n) is 6.39. The first-order valence-corrected chi connectivity index (χ1v) is 7.34. The largest absolute Gasteiger partial charge is 0.359 e. The van der Waals surface area contributed by atoms with Crippen LogP contribution in [0.4, 0.5) is 15.8 Å². The molecule has 0 spiro atoms. The highest BCUT2D eigenvalue weighted by molar-refractivity contribution is 7.08. The Hall–Kier alpha value is -1.95. The van der Waals surface area contributed by atoms with Gasteiger partial charge in [-0.25, -0.2) is 4.39 Å². The second kappa shape index (κ2) is 5.20. The van der Waals surface area contributed by atoms with Crippen molar-refractivity contribution in [3.05, 3.63) is 56.5 Å². The fourth-order valence-corrected chi connectivity index (χ4v) is 3.46. The Morgan fingerprint density at radius 2 is 2.25 bits per heavy atom. The van der Waals surface area contributed by atoms with Gasteiger partial charge in [0, 0.05) is 6.54 Å². The van der Waals surface area contributed by atoms with Crippen molar-refractivity contribution in [3.63, 3.8) is 0 Å². The molecule has 1 aromatic carbocycles. The van der Waals surface area contributed by atoms with Crippen LogP contribution in [0.1, 0.15) is 24.4 Å².